The average molecular weight is 292 g/mol. The number of rotatable bonds is 10. The molecule has 1 atom stereocenters. The van der Waals surface area contributed by atoms with Crippen LogP contribution < -0.4 is 0 Å². The molecule has 3 N–H and O–H groups in total. The summed E-state index contributed by atoms with van der Waals surface area (Å²) in [5.74, 6) is -1.57. The average Bonchev–Trinajstić information content (AvgIpc) is 2.39. The summed E-state index contributed by atoms with van der Waals surface area (Å²) < 4.78 is 4.83. The van der Waals surface area contributed by atoms with E-state index in [4.69, 9.17) is 4.74 Å². The number of ether oxygens (including phenoxy) is 1. The first-order valence-electron chi connectivity index (χ1n) is 6.46. The zero-order valence-corrected chi connectivity index (χ0v) is 12.6. The van der Waals surface area contributed by atoms with Crippen molar-refractivity contribution in [2.45, 2.75) is 32.7 Å². The lowest BCUT2D eigenvalue weighted by atomic mass is 10.00. The Hall–Kier alpha value is -0.763. The highest BCUT2D eigenvalue weighted by atomic mass is 28.3. The molecule has 1 unspecified atom stereocenters. The molecule has 0 heterocycles. The van der Waals surface area contributed by atoms with Crippen LogP contribution in [-0.2, 0) is 14.3 Å². The quantitative estimate of drug-likeness (QED) is 0.287. The van der Waals surface area contributed by atoms with E-state index in [1.54, 1.807) is 6.92 Å². The van der Waals surface area contributed by atoms with Gasteiger partial charge < -0.3 is 20.1 Å². The van der Waals surface area contributed by atoms with Gasteiger partial charge >= 0.3 is 5.97 Å². The third-order valence-electron chi connectivity index (χ3n) is 3.27. The molecule has 0 aliphatic rings. The smallest absolute Gasteiger partial charge is 0.316 e. The Balaban J connectivity index is 4.41. The molecule has 0 radical (unpaired) electrons. The molecule has 0 saturated heterocycles. The Morgan fingerprint density at radius 2 is 1.68 bits per heavy atom. The van der Waals surface area contributed by atoms with Gasteiger partial charge in [0.1, 0.15) is 19.8 Å². The minimum atomic E-state index is -2.47. The van der Waals surface area contributed by atoms with Crippen LogP contribution in [0.3, 0.4) is 0 Å². The number of carbonyl (C=O) groups is 2. The number of aliphatic hydroxyl groups excluding tert-OH is 3. The number of ketones is 1. The molecule has 0 aromatic rings. The van der Waals surface area contributed by atoms with Crippen LogP contribution in [0.5, 0.6) is 0 Å². The van der Waals surface area contributed by atoms with E-state index in [9.17, 15) is 24.9 Å². The second-order valence-corrected chi connectivity index (χ2v) is 9.23. The lowest BCUT2D eigenvalue weighted by Crippen LogP contribution is -2.48. The minimum absolute atomic E-state index is 0.204. The molecule has 0 amide bonds. The molecule has 0 aromatic carbocycles. The van der Waals surface area contributed by atoms with Crippen LogP contribution in [-0.4, -0.2) is 60.4 Å². The van der Waals surface area contributed by atoms with Crippen molar-refractivity contribution >= 4 is 19.8 Å². The third kappa shape index (κ3) is 5.81. The summed E-state index contributed by atoms with van der Waals surface area (Å²) in [5, 5.41) is 27.7. The highest BCUT2D eigenvalue weighted by molar-refractivity contribution is 6.79. The first-order chi connectivity index (χ1) is 8.96. The van der Waals surface area contributed by atoms with E-state index < -0.39 is 20.0 Å². The summed E-state index contributed by atoms with van der Waals surface area (Å²) in [6.45, 7) is 3.25. The number of Topliss-reactive ketones (excluding diaryl/α,β-unsaturated/α-hetero) is 1. The Labute approximate surface area is 114 Å². The predicted octanol–water partition coefficient (Wildman–Crippen LogP) is -0.422. The molecule has 0 aromatic heterocycles. The fraction of sp³-hybridized carbons (Fsp3) is 0.833. The molecule has 0 bridgehead atoms. The fourth-order valence-corrected chi connectivity index (χ4v) is 3.53. The van der Waals surface area contributed by atoms with Crippen LogP contribution in [0.25, 0.3) is 0 Å². The molecule has 112 valence electrons. The van der Waals surface area contributed by atoms with Crippen molar-refractivity contribution < 1.29 is 29.6 Å². The summed E-state index contributed by atoms with van der Waals surface area (Å²) in [4.78, 5) is 23.0. The van der Waals surface area contributed by atoms with Gasteiger partial charge in [0.2, 0.25) is 0 Å². The third-order valence-corrected chi connectivity index (χ3v) is 6.69. The van der Waals surface area contributed by atoms with Crippen molar-refractivity contribution in [1.29, 1.82) is 0 Å². The van der Waals surface area contributed by atoms with Crippen LogP contribution in [0.1, 0.15) is 26.7 Å². The molecule has 0 spiro atoms. The van der Waals surface area contributed by atoms with Crippen molar-refractivity contribution in [1.82, 2.24) is 0 Å². The van der Waals surface area contributed by atoms with Crippen molar-refractivity contribution in [2.75, 3.05) is 25.3 Å². The Morgan fingerprint density at radius 1 is 1.16 bits per heavy atom. The normalized spacial score (nSPS) is 13.1. The molecular formula is C12H24O6Si. The molecule has 0 rings (SSSR count). The molecule has 6 nitrogen and oxygen atoms in total. The van der Waals surface area contributed by atoms with Crippen molar-refractivity contribution in [3.05, 3.63) is 0 Å². The summed E-state index contributed by atoms with van der Waals surface area (Å²) in [6, 6.07) is 0.472. The van der Waals surface area contributed by atoms with Crippen LogP contribution in [0.15, 0.2) is 0 Å². The molecule has 0 aliphatic heterocycles. The minimum Gasteiger partial charge on any atom is -0.465 e. The van der Waals surface area contributed by atoms with Gasteiger partial charge in [-0.15, -0.1) is 0 Å². The maximum atomic E-state index is 11.6. The van der Waals surface area contributed by atoms with Crippen molar-refractivity contribution in [3.8, 4) is 0 Å². The molecule has 0 saturated carbocycles. The first-order valence-corrected chi connectivity index (χ1v) is 9.29. The highest BCUT2D eigenvalue weighted by Crippen LogP contribution is 2.18. The van der Waals surface area contributed by atoms with E-state index >= 15 is 0 Å². The van der Waals surface area contributed by atoms with E-state index in [0.29, 0.717) is 18.9 Å². The second-order valence-electron chi connectivity index (χ2n) is 4.78. The Bertz CT molecular complexity index is 282. The molecule has 19 heavy (non-hydrogen) atoms. The highest BCUT2D eigenvalue weighted by Gasteiger charge is 2.32. The first kappa shape index (κ1) is 18.2. The molecular weight excluding hydrogens is 268 g/mol. The van der Waals surface area contributed by atoms with E-state index in [2.05, 4.69) is 0 Å². The number of carbonyl (C=O) groups excluding carboxylic acids is 2. The fourth-order valence-electron chi connectivity index (χ4n) is 1.80. The lowest BCUT2D eigenvalue weighted by Gasteiger charge is -2.25. The van der Waals surface area contributed by atoms with E-state index in [1.165, 1.54) is 6.92 Å². The zero-order chi connectivity index (χ0) is 14.9. The Kier molecular flexibility index (Phi) is 8.82. The molecule has 0 aliphatic carbocycles. The van der Waals surface area contributed by atoms with Gasteiger partial charge in [0, 0.05) is 18.7 Å². The number of hydrogen-bond donors (Lipinski definition) is 3. The maximum Gasteiger partial charge on any atom is 0.316 e. The van der Waals surface area contributed by atoms with E-state index in [0.717, 1.165) is 0 Å². The van der Waals surface area contributed by atoms with E-state index in [-0.39, 0.29) is 31.1 Å². The van der Waals surface area contributed by atoms with Crippen LogP contribution in [0, 0.1) is 5.92 Å². The van der Waals surface area contributed by atoms with Crippen LogP contribution in [0.4, 0.5) is 0 Å². The predicted molar refractivity (Wildman–Crippen MR) is 71.9 cm³/mol. The summed E-state index contributed by atoms with van der Waals surface area (Å²) >= 11 is 0. The second kappa shape index (κ2) is 9.19. The summed E-state index contributed by atoms with van der Waals surface area (Å²) in [6.07, 6.45) is 0.207. The topological polar surface area (TPSA) is 104 Å². The van der Waals surface area contributed by atoms with Gasteiger partial charge in [0.05, 0.1) is 6.61 Å². The van der Waals surface area contributed by atoms with Gasteiger partial charge in [-0.3, -0.25) is 9.59 Å². The van der Waals surface area contributed by atoms with Crippen molar-refractivity contribution in [3.63, 3.8) is 0 Å². The molecule has 0 fully saturated rings. The van der Waals surface area contributed by atoms with Gasteiger partial charge in [0.25, 0.3) is 0 Å². The van der Waals surface area contributed by atoms with Crippen LogP contribution >= 0.6 is 0 Å². The SMILES string of the molecule is CCOC(=O)C(CCC[Si](CO)(CO)CO)C(C)=O. The van der Waals surface area contributed by atoms with Gasteiger partial charge in [-0.2, -0.15) is 0 Å². The van der Waals surface area contributed by atoms with Gasteiger partial charge in [-0.25, -0.2) is 0 Å². The maximum absolute atomic E-state index is 11.6. The zero-order valence-electron chi connectivity index (χ0n) is 11.6. The van der Waals surface area contributed by atoms with Crippen LogP contribution in [0.2, 0.25) is 6.04 Å². The monoisotopic (exact) mass is 292 g/mol. The number of aliphatic hydroxyl groups is 3. The number of hydrogen-bond acceptors (Lipinski definition) is 6. The lowest BCUT2D eigenvalue weighted by molar-refractivity contribution is -0.151. The van der Waals surface area contributed by atoms with Crippen molar-refractivity contribution in [2.24, 2.45) is 5.92 Å². The van der Waals surface area contributed by atoms with Gasteiger partial charge in [-0.1, -0.05) is 12.5 Å². The van der Waals surface area contributed by atoms with Gasteiger partial charge in [0.15, 0.2) is 0 Å². The largest absolute Gasteiger partial charge is 0.465 e. The summed E-state index contributed by atoms with van der Waals surface area (Å²) in [5.41, 5.74) is 0. The number of esters is 1. The summed E-state index contributed by atoms with van der Waals surface area (Å²) in [7, 11) is -2.47. The van der Waals surface area contributed by atoms with Gasteiger partial charge in [-0.05, 0) is 20.3 Å². The molecule has 7 heteroatoms. The Morgan fingerprint density at radius 3 is 2.05 bits per heavy atom. The van der Waals surface area contributed by atoms with E-state index in [1.807, 2.05) is 0 Å². The standard InChI is InChI=1S/C12H24O6Si/c1-3-18-12(17)11(10(2)16)5-4-6-19(7-13,8-14)9-15/h11,13-15H,3-9H2,1-2H3.